The predicted octanol–water partition coefficient (Wildman–Crippen LogP) is 3.24. The Morgan fingerprint density at radius 1 is 1.33 bits per heavy atom. The summed E-state index contributed by atoms with van der Waals surface area (Å²) in [6, 6.07) is 8.94. The molecule has 94 valence electrons. The van der Waals surface area contributed by atoms with E-state index in [1.54, 1.807) is 0 Å². The number of halogens is 1. The topological polar surface area (TPSA) is 38.1 Å². The van der Waals surface area contributed by atoms with Crippen LogP contribution in [0.5, 0.6) is 0 Å². The Hall–Kier alpha value is -0.880. The smallest absolute Gasteiger partial charge is 0.196 e. The Labute approximate surface area is 120 Å². The van der Waals surface area contributed by atoms with Crippen LogP contribution in [0, 0.1) is 3.57 Å². The van der Waals surface area contributed by atoms with Crippen LogP contribution in [0.2, 0.25) is 0 Å². The summed E-state index contributed by atoms with van der Waals surface area (Å²) < 4.78 is 6.99. The van der Waals surface area contributed by atoms with Gasteiger partial charge in [-0.05, 0) is 41.5 Å². The minimum absolute atomic E-state index is 0.745. The molecule has 0 aliphatic heterocycles. The van der Waals surface area contributed by atoms with Gasteiger partial charge in [0.25, 0.3) is 0 Å². The molecule has 1 fully saturated rings. The molecule has 1 aromatic carbocycles. The van der Waals surface area contributed by atoms with Gasteiger partial charge in [-0.3, -0.25) is 0 Å². The van der Waals surface area contributed by atoms with Crippen LogP contribution in [-0.4, -0.2) is 17.6 Å². The third-order valence-electron chi connectivity index (χ3n) is 3.04. The summed E-state index contributed by atoms with van der Waals surface area (Å²) in [7, 11) is 0. The SMILES string of the molecule is Ic1ccccc1-c1cnc(CCNC2CC2)o1. The second-order valence-electron chi connectivity index (χ2n) is 4.58. The second kappa shape index (κ2) is 5.40. The van der Waals surface area contributed by atoms with E-state index in [4.69, 9.17) is 4.42 Å². The van der Waals surface area contributed by atoms with E-state index < -0.39 is 0 Å². The number of hydrogen-bond acceptors (Lipinski definition) is 3. The van der Waals surface area contributed by atoms with Crippen LogP contribution in [0.4, 0.5) is 0 Å². The molecule has 1 heterocycles. The van der Waals surface area contributed by atoms with Gasteiger partial charge in [-0.1, -0.05) is 18.2 Å². The maximum absolute atomic E-state index is 5.80. The Balaban J connectivity index is 1.66. The number of nitrogens with one attached hydrogen (secondary N) is 1. The zero-order chi connectivity index (χ0) is 12.4. The highest BCUT2D eigenvalue weighted by Crippen LogP contribution is 2.25. The molecule has 2 aromatic rings. The van der Waals surface area contributed by atoms with Gasteiger partial charge in [-0.15, -0.1) is 0 Å². The fourth-order valence-corrected chi connectivity index (χ4v) is 2.54. The molecule has 4 heteroatoms. The van der Waals surface area contributed by atoms with Crippen molar-refractivity contribution >= 4 is 22.6 Å². The molecule has 1 aromatic heterocycles. The molecule has 18 heavy (non-hydrogen) atoms. The number of nitrogens with zero attached hydrogens (tertiary/aromatic N) is 1. The summed E-state index contributed by atoms with van der Waals surface area (Å²) in [5.41, 5.74) is 1.12. The van der Waals surface area contributed by atoms with Crippen molar-refractivity contribution < 1.29 is 4.42 Å². The van der Waals surface area contributed by atoms with Crippen molar-refractivity contribution in [2.75, 3.05) is 6.54 Å². The number of aromatic nitrogens is 1. The van der Waals surface area contributed by atoms with Gasteiger partial charge in [0.05, 0.1) is 6.20 Å². The molecule has 0 saturated heterocycles. The molecule has 0 bridgehead atoms. The molecule has 3 nitrogen and oxygen atoms in total. The van der Waals surface area contributed by atoms with Gasteiger partial charge in [0, 0.05) is 28.1 Å². The monoisotopic (exact) mass is 354 g/mol. The van der Waals surface area contributed by atoms with E-state index in [1.807, 2.05) is 18.3 Å². The van der Waals surface area contributed by atoms with Crippen molar-refractivity contribution in [3.05, 3.63) is 39.9 Å². The first kappa shape index (κ1) is 12.2. The van der Waals surface area contributed by atoms with Gasteiger partial charge in [-0.25, -0.2) is 4.98 Å². The largest absolute Gasteiger partial charge is 0.441 e. The number of rotatable bonds is 5. The Morgan fingerprint density at radius 3 is 2.94 bits per heavy atom. The molecule has 1 saturated carbocycles. The summed E-state index contributed by atoms with van der Waals surface area (Å²) in [6.07, 6.45) is 5.32. The average molecular weight is 354 g/mol. The molecular formula is C14H15IN2O. The predicted molar refractivity (Wildman–Crippen MR) is 79.4 cm³/mol. The maximum Gasteiger partial charge on any atom is 0.196 e. The number of benzene rings is 1. The Bertz CT molecular complexity index is 534. The van der Waals surface area contributed by atoms with Crippen molar-refractivity contribution in [3.63, 3.8) is 0 Å². The zero-order valence-electron chi connectivity index (χ0n) is 10.0. The van der Waals surface area contributed by atoms with Crippen LogP contribution >= 0.6 is 22.6 Å². The Morgan fingerprint density at radius 2 is 2.17 bits per heavy atom. The average Bonchev–Trinajstić information content (AvgIpc) is 3.08. The third-order valence-corrected chi connectivity index (χ3v) is 3.98. The molecule has 0 unspecified atom stereocenters. The summed E-state index contributed by atoms with van der Waals surface area (Å²) >= 11 is 2.32. The summed E-state index contributed by atoms with van der Waals surface area (Å²) in [6.45, 7) is 0.955. The summed E-state index contributed by atoms with van der Waals surface area (Å²) in [5, 5.41) is 3.46. The molecule has 0 spiro atoms. The van der Waals surface area contributed by atoms with Crippen molar-refractivity contribution in [3.8, 4) is 11.3 Å². The van der Waals surface area contributed by atoms with E-state index in [-0.39, 0.29) is 0 Å². The molecule has 0 amide bonds. The quantitative estimate of drug-likeness (QED) is 0.838. The second-order valence-corrected chi connectivity index (χ2v) is 5.74. The minimum atomic E-state index is 0.745. The van der Waals surface area contributed by atoms with Crippen molar-refractivity contribution in [1.82, 2.24) is 10.3 Å². The van der Waals surface area contributed by atoms with Crippen LogP contribution in [0.1, 0.15) is 18.7 Å². The van der Waals surface area contributed by atoms with Crippen molar-refractivity contribution in [2.24, 2.45) is 0 Å². The first-order chi connectivity index (χ1) is 8.83. The van der Waals surface area contributed by atoms with E-state index in [9.17, 15) is 0 Å². The van der Waals surface area contributed by atoms with Crippen molar-refractivity contribution in [1.29, 1.82) is 0 Å². The van der Waals surface area contributed by atoms with Crippen LogP contribution in [0.3, 0.4) is 0 Å². The maximum atomic E-state index is 5.80. The Kier molecular flexibility index (Phi) is 3.65. The normalized spacial score (nSPS) is 14.9. The molecule has 0 atom stereocenters. The lowest BCUT2D eigenvalue weighted by atomic mass is 10.2. The van der Waals surface area contributed by atoms with Crippen LogP contribution in [0.15, 0.2) is 34.9 Å². The van der Waals surface area contributed by atoms with Gasteiger partial charge < -0.3 is 9.73 Å². The van der Waals surface area contributed by atoms with Gasteiger partial charge in [0.15, 0.2) is 11.7 Å². The lowest BCUT2D eigenvalue weighted by Gasteiger charge is -2.00. The highest BCUT2D eigenvalue weighted by atomic mass is 127. The van der Waals surface area contributed by atoms with Gasteiger partial charge in [-0.2, -0.15) is 0 Å². The molecule has 0 radical (unpaired) electrons. The lowest BCUT2D eigenvalue weighted by Crippen LogP contribution is -2.19. The van der Waals surface area contributed by atoms with Gasteiger partial charge >= 0.3 is 0 Å². The lowest BCUT2D eigenvalue weighted by molar-refractivity contribution is 0.494. The molecular weight excluding hydrogens is 339 g/mol. The number of hydrogen-bond donors (Lipinski definition) is 1. The summed E-state index contributed by atoms with van der Waals surface area (Å²) in [4.78, 5) is 4.34. The van der Waals surface area contributed by atoms with Crippen LogP contribution in [0.25, 0.3) is 11.3 Å². The van der Waals surface area contributed by atoms with Crippen molar-refractivity contribution in [2.45, 2.75) is 25.3 Å². The third kappa shape index (κ3) is 2.92. The molecule has 1 aliphatic rings. The highest BCUT2D eigenvalue weighted by molar-refractivity contribution is 14.1. The standard InChI is InChI=1S/C14H15IN2O/c15-12-4-2-1-3-11(12)13-9-17-14(18-13)7-8-16-10-5-6-10/h1-4,9-10,16H,5-8H2. The molecule has 1 aliphatic carbocycles. The molecule has 1 N–H and O–H groups in total. The first-order valence-electron chi connectivity index (χ1n) is 6.26. The first-order valence-corrected chi connectivity index (χ1v) is 7.34. The highest BCUT2D eigenvalue weighted by Gasteiger charge is 2.20. The van der Waals surface area contributed by atoms with E-state index >= 15 is 0 Å². The van der Waals surface area contributed by atoms with E-state index in [0.29, 0.717) is 0 Å². The van der Waals surface area contributed by atoms with Crippen LogP contribution in [-0.2, 0) is 6.42 Å². The molecule has 3 rings (SSSR count). The van der Waals surface area contributed by atoms with Gasteiger partial charge in [0.1, 0.15) is 0 Å². The number of oxazole rings is 1. The van der Waals surface area contributed by atoms with Crippen LogP contribution < -0.4 is 5.32 Å². The minimum Gasteiger partial charge on any atom is -0.441 e. The van der Waals surface area contributed by atoms with E-state index in [1.165, 1.54) is 16.4 Å². The fourth-order valence-electron chi connectivity index (χ4n) is 1.88. The van der Waals surface area contributed by atoms with Gasteiger partial charge in [0.2, 0.25) is 0 Å². The summed E-state index contributed by atoms with van der Waals surface area (Å²) in [5.74, 6) is 1.68. The fraction of sp³-hybridized carbons (Fsp3) is 0.357. The zero-order valence-corrected chi connectivity index (χ0v) is 12.2. The van der Waals surface area contributed by atoms with E-state index in [2.05, 4.69) is 45.0 Å². The van der Waals surface area contributed by atoms with E-state index in [0.717, 1.165) is 36.2 Å².